The maximum absolute atomic E-state index is 6.32. The highest BCUT2D eigenvalue weighted by atomic mass is 35.5. The van der Waals surface area contributed by atoms with Crippen molar-refractivity contribution in [2.45, 2.75) is 25.2 Å². The third kappa shape index (κ3) is 1.78. The minimum absolute atomic E-state index is 0.526. The van der Waals surface area contributed by atoms with E-state index in [0.29, 0.717) is 16.9 Å². The fourth-order valence-electron chi connectivity index (χ4n) is 2.51. The minimum atomic E-state index is 0.526. The standard InChI is InChI=1S/C14H12ClN5/c15-13-11(9-3-1-4-9)7-12-17-18-14(20(12)19-13)10-5-2-6-16-8-10/h2,5-9H,1,3-4H2. The predicted molar refractivity (Wildman–Crippen MR) is 75.6 cm³/mol. The monoisotopic (exact) mass is 285 g/mol. The van der Waals surface area contributed by atoms with Gasteiger partial charge in [0.05, 0.1) is 0 Å². The fourth-order valence-corrected chi connectivity index (χ4v) is 2.79. The molecule has 1 aliphatic rings. The molecule has 3 aromatic rings. The van der Waals surface area contributed by atoms with E-state index in [2.05, 4.69) is 20.3 Å². The number of nitrogens with zero attached hydrogens (tertiary/aromatic N) is 5. The van der Waals surface area contributed by atoms with Gasteiger partial charge in [0.1, 0.15) is 0 Å². The maximum Gasteiger partial charge on any atom is 0.186 e. The molecule has 0 N–H and O–H groups in total. The van der Waals surface area contributed by atoms with Crippen LogP contribution < -0.4 is 0 Å². The molecule has 0 aliphatic heterocycles. The van der Waals surface area contributed by atoms with Crippen molar-refractivity contribution >= 4 is 17.2 Å². The zero-order valence-corrected chi connectivity index (χ0v) is 11.5. The molecule has 20 heavy (non-hydrogen) atoms. The number of halogens is 1. The maximum atomic E-state index is 6.32. The van der Waals surface area contributed by atoms with E-state index in [1.165, 1.54) is 19.3 Å². The van der Waals surface area contributed by atoms with Crippen molar-refractivity contribution in [3.8, 4) is 11.4 Å². The second-order valence-electron chi connectivity index (χ2n) is 5.05. The van der Waals surface area contributed by atoms with Crippen LogP contribution >= 0.6 is 11.6 Å². The molecule has 4 rings (SSSR count). The largest absolute Gasteiger partial charge is 0.264 e. The first-order valence-corrected chi connectivity index (χ1v) is 7.03. The second kappa shape index (κ2) is 4.52. The first kappa shape index (κ1) is 11.8. The molecule has 5 nitrogen and oxygen atoms in total. The van der Waals surface area contributed by atoms with E-state index in [4.69, 9.17) is 11.6 Å². The summed E-state index contributed by atoms with van der Waals surface area (Å²) in [4.78, 5) is 4.10. The van der Waals surface area contributed by atoms with Gasteiger partial charge in [0.25, 0.3) is 0 Å². The number of hydrogen-bond donors (Lipinski definition) is 0. The van der Waals surface area contributed by atoms with Crippen LogP contribution in [0, 0.1) is 0 Å². The van der Waals surface area contributed by atoms with E-state index >= 15 is 0 Å². The van der Waals surface area contributed by atoms with Crippen LogP contribution in [-0.2, 0) is 0 Å². The van der Waals surface area contributed by atoms with Gasteiger partial charge in [-0.2, -0.15) is 9.61 Å². The van der Waals surface area contributed by atoms with Crippen LogP contribution in [0.15, 0.2) is 30.6 Å². The zero-order valence-electron chi connectivity index (χ0n) is 10.7. The third-order valence-corrected chi connectivity index (χ3v) is 4.13. The van der Waals surface area contributed by atoms with Gasteiger partial charge in [-0.05, 0) is 42.5 Å². The molecule has 0 spiro atoms. The molecule has 0 amide bonds. The predicted octanol–water partition coefficient (Wildman–Crippen LogP) is 3.11. The van der Waals surface area contributed by atoms with Crippen molar-refractivity contribution in [3.63, 3.8) is 0 Å². The minimum Gasteiger partial charge on any atom is -0.264 e. The molecule has 3 heterocycles. The molecule has 0 radical (unpaired) electrons. The van der Waals surface area contributed by atoms with Gasteiger partial charge in [-0.1, -0.05) is 18.0 Å². The Balaban J connectivity index is 1.87. The third-order valence-electron chi connectivity index (χ3n) is 3.84. The quantitative estimate of drug-likeness (QED) is 0.726. The summed E-state index contributed by atoms with van der Waals surface area (Å²) in [5.74, 6) is 1.19. The lowest BCUT2D eigenvalue weighted by Crippen LogP contribution is -2.11. The molecule has 100 valence electrons. The van der Waals surface area contributed by atoms with Crippen LogP contribution in [-0.4, -0.2) is 24.8 Å². The van der Waals surface area contributed by atoms with Crippen LogP contribution in [0.25, 0.3) is 17.0 Å². The normalized spacial score (nSPS) is 15.4. The fraction of sp³-hybridized carbons (Fsp3) is 0.286. The molecular weight excluding hydrogens is 274 g/mol. The first-order valence-electron chi connectivity index (χ1n) is 6.65. The van der Waals surface area contributed by atoms with Crippen LogP contribution in [0.1, 0.15) is 30.7 Å². The zero-order chi connectivity index (χ0) is 13.5. The summed E-state index contributed by atoms with van der Waals surface area (Å²) in [5, 5.41) is 13.4. The number of pyridine rings is 1. The van der Waals surface area contributed by atoms with Gasteiger partial charge in [0, 0.05) is 18.0 Å². The topological polar surface area (TPSA) is 56.0 Å². The average molecular weight is 286 g/mol. The lowest BCUT2D eigenvalue weighted by Gasteiger charge is -2.25. The summed E-state index contributed by atoms with van der Waals surface area (Å²) >= 11 is 6.32. The van der Waals surface area contributed by atoms with Gasteiger partial charge >= 0.3 is 0 Å². The van der Waals surface area contributed by atoms with Gasteiger partial charge in [0.15, 0.2) is 16.6 Å². The van der Waals surface area contributed by atoms with Gasteiger partial charge in [0.2, 0.25) is 0 Å². The molecule has 0 atom stereocenters. The molecule has 0 unspecified atom stereocenters. The van der Waals surface area contributed by atoms with Gasteiger partial charge in [-0.15, -0.1) is 10.2 Å². The second-order valence-corrected chi connectivity index (χ2v) is 5.41. The first-order chi connectivity index (χ1) is 9.83. The molecule has 6 heteroatoms. The van der Waals surface area contributed by atoms with Crippen LogP contribution in [0.2, 0.25) is 5.15 Å². The Kier molecular flexibility index (Phi) is 2.67. The Labute approximate surface area is 120 Å². The van der Waals surface area contributed by atoms with Crippen molar-refractivity contribution < 1.29 is 0 Å². The van der Waals surface area contributed by atoms with Crippen molar-refractivity contribution in [2.75, 3.05) is 0 Å². The van der Waals surface area contributed by atoms with Crippen LogP contribution in [0.5, 0.6) is 0 Å². The van der Waals surface area contributed by atoms with Crippen molar-refractivity contribution in [1.29, 1.82) is 0 Å². The molecule has 0 bridgehead atoms. The summed E-state index contributed by atoms with van der Waals surface area (Å²) in [5.41, 5.74) is 2.70. The number of rotatable bonds is 2. The lowest BCUT2D eigenvalue weighted by atomic mass is 9.81. The summed E-state index contributed by atoms with van der Waals surface area (Å²) in [6, 6.07) is 5.80. The van der Waals surface area contributed by atoms with E-state index in [1.807, 2.05) is 18.2 Å². The highest BCUT2D eigenvalue weighted by molar-refractivity contribution is 6.30. The van der Waals surface area contributed by atoms with E-state index < -0.39 is 0 Å². The number of hydrogen-bond acceptors (Lipinski definition) is 4. The summed E-state index contributed by atoms with van der Waals surface area (Å²) < 4.78 is 1.68. The average Bonchev–Trinajstić information content (AvgIpc) is 2.81. The molecular formula is C14H12ClN5. The molecule has 1 aliphatic carbocycles. The number of fused-ring (bicyclic) bond motifs is 1. The molecule has 1 fully saturated rings. The van der Waals surface area contributed by atoms with Gasteiger partial charge < -0.3 is 0 Å². The summed E-state index contributed by atoms with van der Waals surface area (Å²) in [6.45, 7) is 0. The Morgan fingerprint density at radius 1 is 1.25 bits per heavy atom. The highest BCUT2D eigenvalue weighted by Crippen LogP contribution is 2.39. The van der Waals surface area contributed by atoms with E-state index in [-0.39, 0.29) is 0 Å². The van der Waals surface area contributed by atoms with Crippen LogP contribution in [0.3, 0.4) is 0 Å². The van der Waals surface area contributed by atoms with E-state index in [1.54, 1.807) is 16.9 Å². The Bertz CT molecular complexity index is 764. The smallest absolute Gasteiger partial charge is 0.186 e. The lowest BCUT2D eigenvalue weighted by molar-refractivity contribution is 0.418. The summed E-state index contributed by atoms with van der Waals surface area (Å²) in [7, 11) is 0. The Morgan fingerprint density at radius 3 is 2.85 bits per heavy atom. The Hall–Kier alpha value is -2.01. The van der Waals surface area contributed by atoms with E-state index in [0.717, 1.165) is 16.8 Å². The summed E-state index contributed by atoms with van der Waals surface area (Å²) in [6.07, 6.45) is 7.09. The molecule has 0 saturated heterocycles. The van der Waals surface area contributed by atoms with Crippen molar-refractivity contribution in [2.24, 2.45) is 0 Å². The Morgan fingerprint density at radius 2 is 2.15 bits per heavy atom. The van der Waals surface area contributed by atoms with Gasteiger partial charge in [-0.3, -0.25) is 4.98 Å². The molecule has 0 aromatic carbocycles. The van der Waals surface area contributed by atoms with Gasteiger partial charge in [-0.25, -0.2) is 0 Å². The molecule has 3 aromatic heterocycles. The number of aromatic nitrogens is 5. The van der Waals surface area contributed by atoms with Crippen molar-refractivity contribution in [3.05, 3.63) is 41.3 Å². The highest BCUT2D eigenvalue weighted by Gasteiger charge is 2.24. The van der Waals surface area contributed by atoms with Crippen molar-refractivity contribution in [1.82, 2.24) is 24.8 Å². The van der Waals surface area contributed by atoms with Crippen LogP contribution in [0.4, 0.5) is 0 Å². The van der Waals surface area contributed by atoms with E-state index in [9.17, 15) is 0 Å². The molecule has 1 saturated carbocycles. The SMILES string of the molecule is Clc1nn2c(-c3cccnc3)nnc2cc1C1CCC1.